The number of carbonyl (C=O) groups excluding carboxylic acids is 1. The molecule has 0 spiro atoms. The Balaban J connectivity index is 1.70. The third-order valence-corrected chi connectivity index (χ3v) is 3.99. The molecule has 102 valence electrons. The van der Waals surface area contributed by atoms with E-state index in [1.165, 1.54) is 19.3 Å². The SMILES string of the molecule is CCC1CCC(C(=O)NCC2=CN(C)NN2)CC1. The fourth-order valence-corrected chi connectivity index (χ4v) is 2.71. The third-order valence-electron chi connectivity index (χ3n) is 3.99. The van der Waals surface area contributed by atoms with Crippen molar-refractivity contribution in [3.63, 3.8) is 0 Å². The van der Waals surface area contributed by atoms with Gasteiger partial charge in [-0.25, -0.2) is 0 Å². The van der Waals surface area contributed by atoms with E-state index in [2.05, 4.69) is 23.2 Å². The molecule has 0 aromatic carbocycles. The van der Waals surface area contributed by atoms with Crippen LogP contribution in [-0.4, -0.2) is 24.5 Å². The van der Waals surface area contributed by atoms with E-state index in [0.29, 0.717) is 6.54 Å². The van der Waals surface area contributed by atoms with Gasteiger partial charge in [0, 0.05) is 19.2 Å². The summed E-state index contributed by atoms with van der Waals surface area (Å²) in [6.45, 7) is 2.82. The van der Waals surface area contributed by atoms with Crippen molar-refractivity contribution in [3.8, 4) is 0 Å². The van der Waals surface area contributed by atoms with Crippen molar-refractivity contribution in [1.29, 1.82) is 0 Å². The maximum atomic E-state index is 12.0. The monoisotopic (exact) mass is 252 g/mol. The molecule has 3 N–H and O–H groups in total. The molecule has 1 aliphatic carbocycles. The number of hydrogen-bond acceptors (Lipinski definition) is 4. The van der Waals surface area contributed by atoms with Gasteiger partial charge in [0.15, 0.2) is 0 Å². The number of carbonyl (C=O) groups is 1. The Bertz CT molecular complexity index is 321. The first kappa shape index (κ1) is 13.2. The van der Waals surface area contributed by atoms with Crippen molar-refractivity contribution >= 4 is 5.91 Å². The average Bonchev–Trinajstić information content (AvgIpc) is 2.82. The lowest BCUT2D eigenvalue weighted by Gasteiger charge is -2.26. The largest absolute Gasteiger partial charge is 0.350 e. The summed E-state index contributed by atoms with van der Waals surface area (Å²) in [5.41, 5.74) is 6.92. The fraction of sp³-hybridized carbons (Fsp3) is 0.769. The van der Waals surface area contributed by atoms with Gasteiger partial charge >= 0.3 is 0 Å². The molecular weight excluding hydrogens is 228 g/mol. The molecule has 1 aliphatic heterocycles. The molecule has 5 heteroatoms. The van der Waals surface area contributed by atoms with Crippen molar-refractivity contribution in [2.75, 3.05) is 13.6 Å². The average molecular weight is 252 g/mol. The van der Waals surface area contributed by atoms with Gasteiger partial charge in [0.2, 0.25) is 5.91 Å². The van der Waals surface area contributed by atoms with Crippen molar-refractivity contribution in [2.24, 2.45) is 11.8 Å². The molecule has 1 amide bonds. The van der Waals surface area contributed by atoms with Gasteiger partial charge < -0.3 is 10.7 Å². The number of hydrazine groups is 2. The lowest BCUT2D eigenvalue weighted by molar-refractivity contribution is -0.126. The number of amides is 1. The fourth-order valence-electron chi connectivity index (χ4n) is 2.71. The van der Waals surface area contributed by atoms with E-state index in [1.54, 1.807) is 0 Å². The van der Waals surface area contributed by atoms with Gasteiger partial charge in [-0.15, -0.1) is 5.53 Å². The van der Waals surface area contributed by atoms with Gasteiger partial charge in [0.05, 0.1) is 12.2 Å². The van der Waals surface area contributed by atoms with Crippen LogP contribution in [0.3, 0.4) is 0 Å². The van der Waals surface area contributed by atoms with Crippen LogP contribution in [0.15, 0.2) is 11.9 Å². The predicted octanol–water partition coefficient (Wildman–Crippen LogP) is 1.11. The van der Waals surface area contributed by atoms with Crippen LogP contribution >= 0.6 is 0 Å². The van der Waals surface area contributed by atoms with Crippen molar-refractivity contribution in [1.82, 2.24) is 21.3 Å². The van der Waals surface area contributed by atoms with E-state index in [4.69, 9.17) is 0 Å². The van der Waals surface area contributed by atoms with Crippen molar-refractivity contribution in [2.45, 2.75) is 39.0 Å². The number of nitrogens with zero attached hydrogens (tertiary/aromatic N) is 1. The molecule has 0 aromatic rings. The minimum atomic E-state index is 0.210. The molecule has 5 nitrogen and oxygen atoms in total. The molecule has 18 heavy (non-hydrogen) atoms. The first-order valence-corrected chi connectivity index (χ1v) is 6.92. The molecule has 2 rings (SSSR count). The second-order valence-corrected chi connectivity index (χ2v) is 5.35. The Labute approximate surface area is 109 Å². The Hall–Kier alpha value is -1.23. The van der Waals surface area contributed by atoms with Crippen LogP contribution in [0.2, 0.25) is 0 Å². The number of hydrogen-bond donors (Lipinski definition) is 3. The highest BCUT2D eigenvalue weighted by Gasteiger charge is 2.25. The molecule has 0 radical (unpaired) electrons. The van der Waals surface area contributed by atoms with Gasteiger partial charge in [-0.1, -0.05) is 13.3 Å². The topological polar surface area (TPSA) is 56.4 Å². The van der Waals surface area contributed by atoms with E-state index in [1.807, 2.05) is 18.3 Å². The van der Waals surface area contributed by atoms with E-state index >= 15 is 0 Å². The van der Waals surface area contributed by atoms with Crippen molar-refractivity contribution < 1.29 is 4.79 Å². The smallest absolute Gasteiger partial charge is 0.223 e. The van der Waals surface area contributed by atoms with E-state index in [-0.39, 0.29) is 11.8 Å². The summed E-state index contributed by atoms with van der Waals surface area (Å²) in [7, 11) is 1.91. The molecule has 0 bridgehead atoms. The summed E-state index contributed by atoms with van der Waals surface area (Å²) in [4.78, 5) is 12.0. The first-order chi connectivity index (χ1) is 8.69. The quantitative estimate of drug-likeness (QED) is 0.702. The van der Waals surface area contributed by atoms with Gasteiger partial charge in [-0.2, -0.15) is 0 Å². The standard InChI is InChI=1S/C13H24N4O/c1-3-10-4-6-11(7-5-10)13(18)14-8-12-9-17(2)16-15-12/h9-11,15-16H,3-8H2,1-2H3,(H,14,18). The van der Waals surface area contributed by atoms with Gasteiger partial charge in [-0.3, -0.25) is 9.80 Å². The van der Waals surface area contributed by atoms with Crippen LogP contribution in [0.1, 0.15) is 39.0 Å². The zero-order chi connectivity index (χ0) is 13.0. The van der Waals surface area contributed by atoms with Crippen LogP contribution in [0.5, 0.6) is 0 Å². The number of rotatable bonds is 4. The molecule has 1 fully saturated rings. The number of nitrogens with one attached hydrogen (secondary N) is 3. The Morgan fingerprint density at radius 2 is 2.17 bits per heavy atom. The first-order valence-electron chi connectivity index (χ1n) is 6.92. The molecule has 1 saturated carbocycles. The Morgan fingerprint density at radius 3 is 2.72 bits per heavy atom. The van der Waals surface area contributed by atoms with Crippen LogP contribution in [-0.2, 0) is 4.79 Å². The van der Waals surface area contributed by atoms with E-state index in [9.17, 15) is 4.79 Å². The summed E-state index contributed by atoms with van der Waals surface area (Å²) in [6.07, 6.45) is 7.71. The van der Waals surface area contributed by atoms with Crippen LogP contribution < -0.4 is 16.3 Å². The highest BCUT2D eigenvalue weighted by atomic mass is 16.1. The molecule has 0 unspecified atom stereocenters. The van der Waals surface area contributed by atoms with Crippen LogP contribution in [0, 0.1) is 11.8 Å². The second-order valence-electron chi connectivity index (χ2n) is 5.35. The lowest BCUT2D eigenvalue weighted by atomic mass is 9.80. The summed E-state index contributed by atoms with van der Waals surface area (Å²) in [5.74, 6) is 1.27. The third kappa shape index (κ3) is 3.38. The zero-order valence-electron chi connectivity index (χ0n) is 11.3. The van der Waals surface area contributed by atoms with Gasteiger partial charge in [0.1, 0.15) is 0 Å². The van der Waals surface area contributed by atoms with Crippen LogP contribution in [0.4, 0.5) is 0 Å². The summed E-state index contributed by atoms with van der Waals surface area (Å²) >= 11 is 0. The predicted molar refractivity (Wildman–Crippen MR) is 70.9 cm³/mol. The van der Waals surface area contributed by atoms with Gasteiger partial charge in [0.25, 0.3) is 0 Å². The summed E-state index contributed by atoms with van der Waals surface area (Å²) in [5, 5.41) is 4.84. The van der Waals surface area contributed by atoms with Gasteiger partial charge in [-0.05, 0) is 31.6 Å². The molecule has 0 saturated heterocycles. The Kier molecular flexibility index (Phi) is 4.47. The summed E-state index contributed by atoms with van der Waals surface area (Å²) in [6, 6.07) is 0. The second kappa shape index (κ2) is 6.09. The summed E-state index contributed by atoms with van der Waals surface area (Å²) < 4.78 is 0. The molecule has 2 aliphatic rings. The normalized spacial score (nSPS) is 27.7. The highest BCUT2D eigenvalue weighted by Crippen LogP contribution is 2.30. The highest BCUT2D eigenvalue weighted by molar-refractivity contribution is 5.78. The Morgan fingerprint density at radius 1 is 1.44 bits per heavy atom. The maximum Gasteiger partial charge on any atom is 0.223 e. The minimum Gasteiger partial charge on any atom is -0.350 e. The maximum absolute atomic E-state index is 12.0. The zero-order valence-corrected chi connectivity index (χ0v) is 11.3. The van der Waals surface area contributed by atoms with E-state index in [0.717, 1.165) is 24.5 Å². The van der Waals surface area contributed by atoms with Crippen molar-refractivity contribution in [3.05, 3.63) is 11.9 Å². The minimum absolute atomic E-state index is 0.210. The molecular formula is C13H24N4O. The van der Waals surface area contributed by atoms with E-state index < -0.39 is 0 Å². The molecule has 1 heterocycles. The molecule has 0 aromatic heterocycles. The lowest BCUT2D eigenvalue weighted by Crippen LogP contribution is -2.38. The van der Waals surface area contributed by atoms with Crippen LogP contribution in [0.25, 0.3) is 0 Å². The molecule has 0 atom stereocenters.